The Balaban J connectivity index is 2.37. The van der Waals surface area contributed by atoms with Gasteiger partial charge >= 0.3 is 0 Å². The molecule has 0 spiro atoms. The van der Waals surface area contributed by atoms with E-state index in [-0.39, 0.29) is 5.91 Å². The second kappa shape index (κ2) is 6.17. The Hall–Kier alpha value is -2.69. The van der Waals surface area contributed by atoms with E-state index in [0.717, 1.165) is 5.56 Å². The van der Waals surface area contributed by atoms with Gasteiger partial charge in [-0.1, -0.05) is 12.1 Å². The third-order valence-electron chi connectivity index (χ3n) is 3.11. The molecule has 0 atom stereocenters. The Labute approximate surface area is 123 Å². The molecule has 0 aliphatic rings. The number of nitrogens with two attached hydrogens (primary N) is 1. The van der Waals surface area contributed by atoms with Crippen LogP contribution < -0.4 is 20.5 Å². The molecule has 0 aliphatic carbocycles. The molecule has 0 aliphatic heterocycles. The molecule has 3 N–H and O–H groups in total. The third-order valence-corrected chi connectivity index (χ3v) is 3.11. The molecule has 2 aromatic rings. The number of carbonyl (C=O) groups is 1. The SMILES string of the molecule is COc1ccc(C)cc1NC(=O)c1c(N)cccc1OC. The summed E-state index contributed by atoms with van der Waals surface area (Å²) in [5.41, 5.74) is 8.15. The summed E-state index contributed by atoms with van der Waals surface area (Å²) in [6, 6.07) is 10.6. The fraction of sp³-hybridized carbons (Fsp3) is 0.188. The number of benzene rings is 2. The number of methoxy groups -OCH3 is 2. The fourth-order valence-corrected chi connectivity index (χ4v) is 2.07. The van der Waals surface area contributed by atoms with Gasteiger partial charge in [0.05, 0.1) is 19.9 Å². The van der Waals surface area contributed by atoms with E-state index in [1.807, 2.05) is 19.1 Å². The monoisotopic (exact) mass is 286 g/mol. The molecule has 0 heterocycles. The van der Waals surface area contributed by atoms with E-state index in [0.29, 0.717) is 28.4 Å². The first-order chi connectivity index (χ1) is 10.1. The van der Waals surface area contributed by atoms with Gasteiger partial charge in [-0.25, -0.2) is 0 Å². The lowest BCUT2D eigenvalue weighted by Crippen LogP contribution is -2.16. The summed E-state index contributed by atoms with van der Waals surface area (Å²) in [6.07, 6.45) is 0. The first kappa shape index (κ1) is 14.7. The minimum absolute atomic E-state index is 0.309. The second-order valence-electron chi connectivity index (χ2n) is 4.58. The van der Waals surface area contributed by atoms with Crippen LogP contribution in [0.1, 0.15) is 15.9 Å². The summed E-state index contributed by atoms with van der Waals surface area (Å²) >= 11 is 0. The van der Waals surface area contributed by atoms with Gasteiger partial charge in [0.2, 0.25) is 0 Å². The number of amides is 1. The highest BCUT2D eigenvalue weighted by Crippen LogP contribution is 2.29. The number of anilines is 2. The molecule has 2 rings (SSSR count). The minimum atomic E-state index is -0.339. The predicted octanol–water partition coefficient (Wildman–Crippen LogP) is 2.85. The number of hydrogen-bond donors (Lipinski definition) is 2. The third kappa shape index (κ3) is 3.08. The molecule has 1 amide bonds. The van der Waals surface area contributed by atoms with Crippen LogP contribution >= 0.6 is 0 Å². The standard InChI is InChI=1S/C16H18N2O3/c1-10-7-8-13(20-2)12(9-10)18-16(19)15-11(17)5-4-6-14(15)21-3/h4-9H,17H2,1-3H3,(H,18,19). The van der Waals surface area contributed by atoms with Gasteiger partial charge in [-0.15, -0.1) is 0 Å². The van der Waals surface area contributed by atoms with Crippen molar-refractivity contribution in [3.8, 4) is 11.5 Å². The van der Waals surface area contributed by atoms with Crippen LogP contribution in [0.15, 0.2) is 36.4 Å². The van der Waals surface area contributed by atoms with Crippen molar-refractivity contribution < 1.29 is 14.3 Å². The van der Waals surface area contributed by atoms with E-state index >= 15 is 0 Å². The largest absolute Gasteiger partial charge is 0.496 e. The molecule has 0 unspecified atom stereocenters. The topological polar surface area (TPSA) is 73.6 Å². The van der Waals surface area contributed by atoms with Gasteiger partial charge in [-0.2, -0.15) is 0 Å². The van der Waals surface area contributed by atoms with E-state index in [2.05, 4.69) is 5.32 Å². The molecule has 21 heavy (non-hydrogen) atoms. The molecule has 0 fully saturated rings. The number of nitrogen functional groups attached to an aromatic ring is 1. The van der Waals surface area contributed by atoms with Crippen molar-refractivity contribution in [1.29, 1.82) is 0 Å². The van der Waals surface area contributed by atoms with Crippen molar-refractivity contribution in [2.24, 2.45) is 0 Å². The van der Waals surface area contributed by atoms with E-state index < -0.39 is 0 Å². The number of rotatable bonds is 4. The number of hydrogen-bond acceptors (Lipinski definition) is 4. The molecule has 0 aromatic heterocycles. The Bertz CT molecular complexity index is 669. The first-order valence-electron chi connectivity index (χ1n) is 6.45. The lowest BCUT2D eigenvalue weighted by molar-refractivity contribution is 0.102. The Kier molecular flexibility index (Phi) is 4.33. The minimum Gasteiger partial charge on any atom is -0.496 e. The Morgan fingerprint density at radius 2 is 1.81 bits per heavy atom. The summed E-state index contributed by atoms with van der Waals surface area (Å²) in [4.78, 5) is 12.5. The second-order valence-corrected chi connectivity index (χ2v) is 4.58. The van der Waals surface area contributed by atoms with Gasteiger partial charge in [0.15, 0.2) is 0 Å². The summed E-state index contributed by atoms with van der Waals surface area (Å²) in [5, 5.41) is 2.81. The summed E-state index contributed by atoms with van der Waals surface area (Å²) in [5.74, 6) is 0.676. The van der Waals surface area contributed by atoms with Crippen molar-refractivity contribution >= 4 is 17.3 Å². The van der Waals surface area contributed by atoms with E-state index in [1.165, 1.54) is 7.11 Å². The molecule has 2 aromatic carbocycles. The molecule has 110 valence electrons. The summed E-state index contributed by atoms with van der Waals surface area (Å²) in [6.45, 7) is 1.94. The molecule has 0 saturated carbocycles. The predicted molar refractivity (Wildman–Crippen MR) is 83.1 cm³/mol. The molecule has 0 radical (unpaired) electrons. The van der Waals surface area contributed by atoms with E-state index in [9.17, 15) is 4.79 Å². The molecule has 5 heteroatoms. The molecular weight excluding hydrogens is 268 g/mol. The van der Waals surface area contributed by atoms with Crippen LogP contribution in [0.5, 0.6) is 11.5 Å². The zero-order chi connectivity index (χ0) is 15.4. The average Bonchev–Trinajstić information content (AvgIpc) is 2.47. The first-order valence-corrected chi connectivity index (χ1v) is 6.45. The fourth-order valence-electron chi connectivity index (χ4n) is 2.07. The number of nitrogens with one attached hydrogen (secondary N) is 1. The van der Waals surface area contributed by atoms with Crippen LogP contribution in [0.25, 0.3) is 0 Å². The average molecular weight is 286 g/mol. The quantitative estimate of drug-likeness (QED) is 0.848. The maximum atomic E-state index is 12.5. The van der Waals surface area contributed by atoms with E-state index in [1.54, 1.807) is 31.4 Å². The van der Waals surface area contributed by atoms with Gasteiger partial charge in [0.1, 0.15) is 17.1 Å². The van der Waals surface area contributed by atoms with Gasteiger partial charge in [0.25, 0.3) is 5.91 Å². The number of ether oxygens (including phenoxy) is 2. The van der Waals surface area contributed by atoms with Gasteiger partial charge in [-0.05, 0) is 36.8 Å². The smallest absolute Gasteiger partial charge is 0.261 e. The van der Waals surface area contributed by atoms with Crippen molar-refractivity contribution in [3.63, 3.8) is 0 Å². The van der Waals surface area contributed by atoms with E-state index in [4.69, 9.17) is 15.2 Å². The lowest BCUT2D eigenvalue weighted by atomic mass is 10.1. The highest BCUT2D eigenvalue weighted by molar-refractivity contribution is 6.10. The molecule has 5 nitrogen and oxygen atoms in total. The number of carbonyl (C=O) groups excluding carboxylic acids is 1. The Morgan fingerprint density at radius 1 is 1.10 bits per heavy atom. The van der Waals surface area contributed by atoms with Gasteiger partial charge < -0.3 is 20.5 Å². The van der Waals surface area contributed by atoms with Crippen molar-refractivity contribution in [2.75, 3.05) is 25.3 Å². The van der Waals surface area contributed by atoms with Crippen LogP contribution in [0.2, 0.25) is 0 Å². The van der Waals surface area contributed by atoms with Crippen LogP contribution in [-0.2, 0) is 0 Å². The zero-order valence-electron chi connectivity index (χ0n) is 12.3. The van der Waals surface area contributed by atoms with Crippen LogP contribution in [0.4, 0.5) is 11.4 Å². The summed E-state index contributed by atoms with van der Waals surface area (Å²) in [7, 11) is 3.05. The summed E-state index contributed by atoms with van der Waals surface area (Å²) < 4.78 is 10.4. The highest BCUT2D eigenvalue weighted by Gasteiger charge is 2.17. The molecule has 0 bridgehead atoms. The molecule has 0 saturated heterocycles. The van der Waals surface area contributed by atoms with Crippen molar-refractivity contribution in [1.82, 2.24) is 0 Å². The maximum absolute atomic E-state index is 12.5. The van der Waals surface area contributed by atoms with Crippen LogP contribution in [0.3, 0.4) is 0 Å². The molecular formula is C16H18N2O3. The lowest BCUT2D eigenvalue weighted by Gasteiger charge is -2.14. The zero-order valence-corrected chi connectivity index (χ0v) is 12.3. The van der Waals surface area contributed by atoms with Gasteiger partial charge in [-0.3, -0.25) is 4.79 Å². The normalized spacial score (nSPS) is 10.0. The van der Waals surface area contributed by atoms with Crippen molar-refractivity contribution in [3.05, 3.63) is 47.5 Å². The van der Waals surface area contributed by atoms with Crippen LogP contribution in [-0.4, -0.2) is 20.1 Å². The van der Waals surface area contributed by atoms with Crippen LogP contribution in [0, 0.1) is 6.92 Å². The number of aryl methyl sites for hydroxylation is 1. The van der Waals surface area contributed by atoms with Crippen molar-refractivity contribution in [2.45, 2.75) is 6.92 Å². The Morgan fingerprint density at radius 3 is 2.48 bits per heavy atom. The maximum Gasteiger partial charge on any atom is 0.261 e. The highest BCUT2D eigenvalue weighted by atomic mass is 16.5. The van der Waals surface area contributed by atoms with Gasteiger partial charge in [0, 0.05) is 5.69 Å².